The van der Waals surface area contributed by atoms with Crippen LogP contribution >= 0.6 is 0 Å². The highest BCUT2D eigenvalue weighted by atomic mass is 16.5. The maximum absolute atomic E-state index is 12.8. The predicted octanol–water partition coefficient (Wildman–Crippen LogP) is 0.955. The number of hydrogen-bond donors (Lipinski definition) is 3. The first-order valence-corrected chi connectivity index (χ1v) is 8.92. The van der Waals surface area contributed by atoms with E-state index in [1.165, 1.54) is 6.92 Å². The van der Waals surface area contributed by atoms with Gasteiger partial charge in [0.25, 0.3) is 0 Å². The SMILES string of the molecule is COc1cccc(C[C@H](NC(=O)[C@H](Cc2ccccc2)NC(C)=O)C(N)=O)c1. The topological polar surface area (TPSA) is 111 Å². The molecule has 0 saturated carbocycles. The van der Waals surface area contributed by atoms with Crippen LogP contribution in [0.15, 0.2) is 54.6 Å². The van der Waals surface area contributed by atoms with Gasteiger partial charge in [-0.2, -0.15) is 0 Å². The van der Waals surface area contributed by atoms with Crippen molar-refractivity contribution in [3.8, 4) is 5.75 Å². The number of ether oxygens (including phenoxy) is 1. The highest BCUT2D eigenvalue weighted by Gasteiger charge is 2.25. The van der Waals surface area contributed by atoms with Crippen LogP contribution in [0.4, 0.5) is 0 Å². The van der Waals surface area contributed by atoms with Gasteiger partial charge in [0.05, 0.1) is 7.11 Å². The van der Waals surface area contributed by atoms with E-state index in [0.29, 0.717) is 12.2 Å². The molecule has 0 aliphatic rings. The number of benzene rings is 2. The zero-order chi connectivity index (χ0) is 20.5. The molecule has 0 unspecified atom stereocenters. The molecule has 28 heavy (non-hydrogen) atoms. The van der Waals surface area contributed by atoms with E-state index in [0.717, 1.165) is 11.1 Å². The van der Waals surface area contributed by atoms with E-state index >= 15 is 0 Å². The zero-order valence-electron chi connectivity index (χ0n) is 16.0. The van der Waals surface area contributed by atoms with Crippen LogP contribution in [0, 0.1) is 0 Å². The van der Waals surface area contributed by atoms with Gasteiger partial charge in [-0.05, 0) is 23.3 Å². The molecular formula is C21H25N3O4. The Hall–Kier alpha value is -3.35. The fourth-order valence-electron chi connectivity index (χ4n) is 2.83. The molecule has 0 aromatic heterocycles. The van der Waals surface area contributed by atoms with Crippen LogP contribution in [-0.4, -0.2) is 36.9 Å². The van der Waals surface area contributed by atoms with Gasteiger partial charge in [0.1, 0.15) is 17.8 Å². The van der Waals surface area contributed by atoms with E-state index in [1.807, 2.05) is 36.4 Å². The van der Waals surface area contributed by atoms with Crippen LogP contribution in [0.5, 0.6) is 5.75 Å². The van der Waals surface area contributed by atoms with Gasteiger partial charge in [0.2, 0.25) is 17.7 Å². The second-order valence-corrected chi connectivity index (χ2v) is 6.46. The Kier molecular flexibility index (Phi) is 7.56. The predicted molar refractivity (Wildman–Crippen MR) is 106 cm³/mol. The van der Waals surface area contributed by atoms with Crippen molar-refractivity contribution in [3.63, 3.8) is 0 Å². The number of hydrogen-bond acceptors (Lipinski definition) is 4. The van der Waals surface area contributed by atoms with Crippen molar-refractivity contribution in [3.05, 3.63) is 65.7 Å². The molecule has 0 bridgehead atoms. The molecule has 0 radical (unpaired) electrons. The highest BCUT2D eigenvalue weighted by Crippen LogP contribution is 2.14. The summed E-state index contributed by atoms with van der Waals surface area (Å²) >= 11 is 0. The summed E-state index contributed by atoms with van der Waals surface area (Å²) in [6.45, 7) is 1.34. The second kappa shape index (κ2) is 10.1. The Morgan fingerprint density at radius 1 is 0.929 bits per heavy atom. The molecule has 2 aromatic rings. The maximum Gasteiger partial charge on any atom is 0.243 e. The first-order valence-electron chi connectivity index (χ1n) is 8.92. The molecule has 2 aromatic carbocycles. The molecule has 2 atom stereocenters. The van der Waals surface area contributed by atoms with Gasteiger partial charge in [0, 0.05) is 19.8 Å². The second-order valence-electron chi connectivity index (χ2n) is 6.46. The lowest BCUT2D eigenvalue weighted by atomic mass is 10.0. The maximum atomic E-state index is 12.8. The van der Waals surface area contributed by atoms with E-state index in [1.54, 1.807) is 25.3 Å². The van der Waals surface area contributed by atoms with Crippen LogP contribution in [0.3, 0.4) is 0 Å². The van der Waals surface area contributed by atoms with Crippen molar-refractivity contribution in [1.82, 2.24) is 10.6 Å². The minimum Gasteiger partial charge on any atom is -0.497 e. The first-order chi connectivity index (χ1) is 13.4. The number of primary amides is 1. The lowest BCUT2D eigenvalue weighted by molar-refractivity contribution is -0.130. The molecule has 0 fully saturated rings. The summed E-state index contributed by atoms with van der Waals surface area (Å²) in [7, 11) is 1.55. The van der Waals surface area contributed by atoms with Gasteiger partial charge in [-0.25, -0.2) is 0 Å². The van der Waals surface area contributed by atoms with Gasteiger partial charge >= 0.3 is 0 Å². The lowest BCUT2D eigenvalue weighted by Gasteiger charge is -2.22. The van der Waals surface area contributed by atoms with E-state index in [9.17, 15) is 14.4 Å². The van der Waals surface area contributed by atoms with Crippen molar-refractivity contribution in [2.45, 2.75) is 31.8 Å². The molecule has 0 spiro atoms. The molecule has 3 amide bonds. The summed E-state index contributed by atoms with van der Waals surface area (Å²) in [5.74, 6) is -0.810. The average Bonchev–Trinajstić information content (AvgIpc) is 2.67. The molecule has 0 aliphatic heterocycles. The number of amides is 3. The molecule has 0 aliphatic carbocycles. The molecule has 4 N–H and O–H groups in total. The minimum atomic E-state index is -0.911. The Bertz CT molecular complexity index is 823. The zero-order valence-corrected chi connectivity index (χ0v) is 16.0. The highest BCUT2D eigenvalue weighted by molar-refractivity contribution is 5.91. The normalized spacial score (nSPS) is 12.5. The number of carbonyl (C=O) groups excluding carboxylic acids is 3. The summed E-state index contributed by atoms with van der Waals surface area (Å²) in [6.07, 6.45) is 0.521. The Morgan fingerprint density at radius 2 is 1.57 bits per heavy atom. The average molecular weight is 383 g/mol. The van der Waals surface area contributed by atoms with Crippen molar-refractivity contribution >= 4 is 17.7 Å². The molecular weight excluding hydrogens is 358 g/mol. The summed E-state index contributed by atoms with van der Waals surface area (Å²) in [4.78, 5) is 36.2. The lowest BCUT2D eigenvalue weighted by Crippen LogP contribution is -2.54. The minimum absolute atomic E-state index is 0.219. The fourth-order valence-corrected chi connectivity index (χ4v) is 2.83. The summed E-state index contributed by atoms with van der Waals surface area (Å²) in [5, 5.41) is 5.29. The number of rotatable bonds is 9. The smallest absolute Gasteiger partial charge is 0.243 e. The summed E-state index contributed by atoms with van der Waals surface area (Å²) < 4.78 is 5.18. The van der Waals surface area contributed by atoms with Gasteiger partial charge in [-0.3, -0.25) is 14.4 Å². The third-order valence-electron chi connectivity index (χ3n) is 4.21. The summed E-state index contributed by atoms with van der Waals surface area (Å²) in [6, 6.07) is 14.8. The van der Waals surface area contributed by atoms with E-state index in [2.05, 4.69) is 10.6 Å². The van der Waals surface area contributed by atoms with E-state index in [-0.39, 0.29) is 12.3 Å². The number of methoxy groups -OCH3 is 1. The Balaban J connectivity index is 2.12. The van der Waals surface area contributed by atoms with Crippen molar-refractivity contribution < 1.29 is 19.1 Å². The third-order valence-corrected chi connectivity index (χ3v) is 4.21. The summed E-state index contributed by atoms with van der Waals surface area (Å²) in [5.41, 5.74) is 7.17. The molecule has 0 heterocycles. The Morgan fingerprint density at radius 3 is 2.18 bits per heavy atom. The Labute approximate surface area is 164 Å². The van der Waals surface area contributed by atoms with Crippen LogP contribution in [0.1, 0.15) is 18.1 Å². The monoisotopic (exact) mass is 383 g/mol. The van der Waals surface area contributed by atoms with Gasteiger partial charge in [0.15, 0.2) is 0 Å². The first kappa shape index (κ1) is 21.0. The standard InChI is InChI=1S/C21H25N3O4/c1-14(25)23-19(12-15-7-4-3-5-8-15)21(27)24-18(20(22)26)13-16-9-6-10-17(11-16)28-2/h3-11,18-19H,12-13H2,1-2H3,(H2,22,26)(H,23,25)(H,24,27)/t18-,19-/m0/s1. The molecule has 148 valence electrons. The van der Waals surface area contributed by atoms with Crippen LogP contribution < -0.4 is 21.1 Å². The van der Waals surface area contributed by atoms with Gasteiger partial charge in [-0.1, -0.05) is 42.5 Å². The molecule has 7 heteroatoms. The molecule has 0 saturated heterocycles. The van der Waals surface area contributed by atoms with E-state index in [4.69, 9.17) is 10.5 Å². The van der Waals surface area contributed by atoms with Crippen LogP contribution in [0.25, 0.3) is 0 Å². The van der Waals surface area contributed by atoms with Crippen molar-refractivity contribution in [1.29, 1.82) is 0 Å². The van der Waals surface area contributed by atoms with E-state index < -0.39 is 23.9 Å². The van der Waals surface area contributed by atoms with Crippen molar-refractivity contribution in [2.75, 3.05) is 7.11 Å². The van der Waals surface area contributed by atoms with Gasteiger partial charge in [-0.15, -0.1) is 0 Å². The molecule has 2 rings (SSSR count). The number of carbonyl (C=O) groups is 3. The van der Waals surface area contributed by atoms with Crippen LogP contribution in [-0.2, 0) is 27.2 Å². The largest absolute Gasteiger partial charge is 0.497 e. The number of nitrogens with one attached hydrogen (secondary N) is 2. The quantitative estimate of drug-likeness (QED) is 0.599. The van der Waals surface area contributed by atoms with Gasteiger partial charge < -0.3 is 21.1 Å². The molecule has 7 nitrogen and oxygen atoms in total. The number of nitrogens with two attached hydrogens (primary N) is 1. The van der Waals surface area contributed by atoms with Crippen molar-refractivity contribution in [2.24, 2.45) is 5.73 Å². The fraction of sp³-hybridized carbons (Fsp3) is 0.286. The third kappa shape index (κ3) is 6.42. The van der Waals surface area contributed by atoms with Crippen LogP contribution in [0.2, 0.25) is 0 Å².